The highest BCUT2D eigenvalue weighted by molar-refractivity contribution is 5.60. The molecule has 0 amide bonds. The van der Waals surface area contributed by atoms with E-state index in [1.807, 2.05) is 6.92 Å². The molecule has 2 aromatic rings. The molecule has 0 aliphatic heterocycles. The SMILES string of the molecule is CCCCn1c(N)c(NCc2cn[nH]c2)c(=O)n(C)c1=O. The molecule has 2 aromatic heterocycles. The molecule has 2 rings (SSSR count). The summed E-state index contributed by atoms with van der Waals surface area (Å²) in [6, 6.07) is 0. The molecule has 114 valence electrons. The molecule has 0 radical (unpaired) electrons. The van der Waals surface area contributed by atoms with Crippen LogP contribution in [0.4, 0.5) is 11.5 Å². The highest BCUT2D eigenvalue weighted by Gasteiger charge is 2.14. The smallest absolute Gasteiger partial charge is 0.332 e. The fraction of sp³-hybridized carbons (Fsp3) is 0.462. The molecular formula is C13H20N6O2. The summed E-state index contributed by atoms with van der Waals surface area (Å²) in [6.45, 7) is 2.93. The summed E-state index contributed by atoms with van der Waals surface area (Å²) in [6.07, 6.45) is 5.14. The number of anilines is 2. The summed E-state index contributed by atoms with van der Waals surface area (Å²) in [5.41, 5.74) is 6.32. The Hall–Kier alpha value is -2.51. The van der Waals surface area contributed by atoms with Crippen LogP contribution in [-0.4, -0.2) is 19.3 Å². The van der Waals surface area contributed by atoms with E-state index in [0.29, 0.717) is 13.1 Å². The number of aromatic amines is 1. The van der Waals surface area contributed by atoms with Gasteiger partial charge in [0.2, 0.25) is 0 Å². The largest absolute Gasteiger partial charge is 0.383 e. The van der Waals surface area contributed by atoms with Crippen molar-refractivity contribution in [1.82, 2.24) is 19.3 Å². The van der Waals surface area contributed by atoms with Crippen LogP contribution in [0.5, 0.6) is 0 Å². The first-order valence-electron chi connectivity index (χ1n) is 6.87. The molecule has 0 aliphatic rings. The maximum absolute atomic E-state index is 12.2. The third kappa shape index (κ3) is 2.99. The van der Waals surface area contributed by atoms with Gasteiger partial charge < -0.3 is 11.1 Å². The van der Waals surface area contributed by atoms with E-state index in [1.165, 1.54) is 11.6 Å². The molecule has 0 spiro atoms. The van der Waals surface area contributed by atoms with Gasteiger partial charge >= 0.3 is 5.69 Å². The van der Waals surface area contributed by atoms with Crippen molar-refractivity contribution < 1.29 is 0 Å². The van der Waals surface area contributed by atoms with Crippen LogP contribution in [-0.2, 0) is 20.1 Å². The number of rotatable bonds is 6. The fourth-order valence-corrected chi connectivity index (χ4v) is 2.05. The van der Waals surface area contributed by atoms with Crippen LogP contribution < -0.4 is 22.3 Å². The number of hydrogen-bond donors (Lipinski definition) is 3. The number of nitrogen functional groups attached to an aromatic ring is 1. The topological polar surface area (TPSA) is 111 Å². The van der Waals surface area contributed by atoms with Gasteiger partial charge in [-0.05, 0) is 6.42 Å². The number of aromatic nitrogens is 4. The van der Waals surface area contributed by atoms with Gasteiger partial charge in [-0.2, -0.15) is 5.10 Å². The van der Waals surface area contributed by atoms with E-state index in [9.17, 15) is 9.59 Å². The molecule has 0 saturated carbocycles. The number of nitrogens with one attached hydrogen (secondary N) is 2. The van der Waals surface area contributed by atoms with Gasteiger partial charge in [0.25, 0.3) is 5.56 Å². The molecule has 0 unspecified atom stereocenters. The summed E-state index contributed by atoms with van der Waals surface area (Å²) in [4.78, 5) is 24.3. The summed E-state index contributed by atoms with van der Waals surface area (Å²) in [5, 5.41) is 9.52. The Morgan fingerprint density at radius 2 is 2.19 bits per heavy atom. The van der Waals surface area contributed by atoms with Gasteiger partial charge in [0, 0.05) is 31.9 Å². The molecule has 0 aliphatic carbocycles. The summed E-state index contributed by atoms with van der Waals surface area (Å²) >= 11 is 0. The second-order valence-corrected chi connectivity index (χ2v) is 4.87. The minimum Gasteiger partial charge on any atom is -0.383 e. The lowest BCUT2D eigenvalue weighted by atomic mass is 10.3. The molecule has 0 aromatic carbocycles. The van der Waals surface area contributed by atoms with E-state index in [2.05, 4.69) is 15.5 Å². The summed E-state index contributed by atoms with van der Waals surface area (Å²) < 4.78 is 2.51. The molecular weight excluding hydrogens is 272 g/mol. The van der Waals surface area contributed by atoms with Crippen LogP contribution in [0.15, 0.2) is 22.0 Å². The zero-order valence-electron chi connectivity index (χ0n) is 12.2. The Kier molecular flexibility index (Phi) is 4.46. The lowest BCUT2D eigenvalue weighted by Crippen LogP contribution is -2.40. The minimum absolute atomic E-state index is 0.181. The normalized spacial score (nSPS) is 10.8. The molecule has 0 fully saturated rings. The fourth-order valence-electron chi connectivity index (χ4n) is 2.05. The molecule has 0 bridgehead atoms. The van der Waals surface area contributed by atoms with Gasteiger partial charge in [-0.1, -0.05) is 13.3 Å². The third-order valence-corrected chi connectivity index (χ3v) is 3.34. The Morgan fingerprint density at radius 3 is 2.81 bits per heavy atom. The van der Waals surface area contributed by atoms with Gasteiger partial charge in [-0.15, -0.1) is 0 Å². The zero-order valence-corrected chi connectivity index (χ0v) is 12.2. The van der Waals surface area contributed by atoms with Crippen LogP contribution in [0.1, 0.15) is 25.3 Å². The average molecular weight is 292 g/mol. The lowest BCUT2D eigenvalue weighted by molar-refractivity contribution is 0.575. The van der Waals surface area contributed by atoms with Crippen molar-refractivity contribution in [1.29, 1.82) is 0 Å². The molecule has 4 N–H and O–H groups in total. The molecule has 0 atom stereocenters. The van der Waals surface area contributed by atoms with Crippen molar-refractivity contribution in [2.24, 2.45) is 7.05 Å². The van der Waals surface area contributed by atoms with Crippen molar-refractivity contribution in [3.63, 3.8) is 0 Å². The zero-order chi connectivity index (χ0) is 15.4. The second kappa shape index (κ2) is 6.29. The number of H-pyrrole nitrogens is 1. The van der Waals surface area contributed by atoms with E-state index in [1.54, 1.807) is 12.4 Å². The maximum Gasteiger partial charge on any atom is 0.332 e. The quantitative estimate of drug-likeness (QED) is 0.707. The van der Waals surface area contributed by atoms with Gasteiger partial charge in [-0.3, -0.25) is 19.0 Å². The lowest BCUT2D eigenvalue weighted by Gasteiger charge is -2.15. The minimum atomic E-state index is -0.422. The van der Waals surface area contributed by atoms with Gasteiger partial charge in [0.05, 0.1) is 6.20 Å². The van der Waals surface area contributed by atoms with Crippen molar-refractivity contribution in [2.75, 3.05) is 11.1 Å². The van der Waals surface area contributed by atoms with Crippen LogP contribution in [0.25, 0.3) is 0 Å². The van der Waals surface area contributed by atoms with Crippen LogP contribution >= 0.6 is 0 Å². The molecule has 8 nitrogen and oxygen atoms in total. The average Bonchev–Trinajstić information content (AvgIpc) is 2.98. The monoisotopic (exact) mass is 292 g/mol. The predicted octanol–water partition coefficient (Wildman–Crippen LogP) is 0.265. The number of nitrogens with zero attached hydrogens (tertiary/aromatic N) is 3. The van der Waals surface area contributed by atoms with Gasteiger partial charge in [0.1, 0.15) is 11.5 Å². The first kappa shape index (κ1) is 14.9. The van der Waals surface area contributed by atoms with Crippen LogP contribution in [0.3, 0.4) is 0 Å². The maximum atomic E-state index is 12.2. The van der Waals surface area contributed by atoms with E-state index < -0.39 is 5.56 Å². The van der Waals surface area contributed by atoms with Crippen molar-refractivity contribution >= 4 is 11.5 Å². The Labute approximate surface area is 121 Å². The van der Waals surface area contributed by atoms with Crippen molar-refractivity contribution in [2.45, 2.75) is 32.9 Å². The highest BCUT2D eigenvalue weighted by atomic mass is 16.2. The molecule has 21 heavy (non-hydrogen) atoms. The molecule has 0 saturated heterocycles. The highest BCUT2D eigenvalue weighted by Crippen LogP contribution is 2.12. The Balaban J connectivity index is 2.37. The first-order valence-corrected chi connectivity index (χ1v) is 6.87. The van der Waals surface area contributed by atoms with Crippen LogP contribution in [0.2, 0.25) is 0 Å². The van der Waals surface area contributed by atoms with Crippen molar-refractivity contribution in [3.05, 3.63) is 38.8 Å². The predicted molar refractivity (Wildman–Crippen MR) is 81.2 cm³/mol. The number of hydrogen-bond acceptors (Lipinski definition) is 5. The van der Waals surface area contributed by atoms with E-state index in [-0.39, 0.29) is 17.2 Å². The van der Waals surface area contributed by atoms with E-state index in [0.717, 1.165) is 23.0 Å². The van der Waals surface area contributed by atoms with Crippen LogP contribution in [0, 0.1) is 0 Å². The first-order chi connectivity index (χ1) is 10.1. The van der Waals surface area contributed by atoms with E-state index in [4.69, 9.17) is 5.73 Å². The summed E-state index contributed by atoms with van der Waals surface area (Å²) in [5.74, 6) is 0.181. The summed E-state index contributed by atoms with van der Waals surface area (Å²) in [7, 11) is 1.45. The Morgan fingerprint density at radius 1 is 1.43 bits per heavy atom. The second-order valence-electron chi connectivity index (χ2n) is 4.87. The number of nitrogens with two attached hydrogens (primary N) is 1. The van der Waals surface area contributed by atoms with Crippen molar-refractivity contribution in [3.8, 4) is 0 Å². The number of unbranched alkanes of at least 4 members (excludes halogenated alkanes) is 1. The van der Waals surface area contributed by atoms with E-state index >= 15 is 0 Å². The third-order valence-electron chi connectivity index (χ3n) is 3.34. The Bertz CT molecular complexity index is 713. The standard InChI is InChI=1S/C13H20N6O2/c1-3-4-5-19-11(14)10(12(20)18(2)13(19)21)15-6-9-7-16-17-8-9/h7-8,15H,3-6,14H2,1-2H3,(H,16,17). The van der Waals surface area contributed by atoms with Gasteiger partial charge in [0.15, 0.2) is 0 Å². The van der Waals surface area contributed by atoms with Gasteiger partial charge in [-0.25, -0.2) is 4.79 Å². The molecule has 2 heterocycles. The molecule has 8 heteroatoms.